The van der Waals surface area contributed by atoms with Gasteiger partial charge in [-0.3, -0.25) is 4.79 Å². The van der Waals surface area contributed by atoms with E-state index in [1.54, 1.807) is 38.3 Å². The predicted octanol–water partition coefficient (Wildman–Crippen LogP) is 5.41. The number of hydrogen-bond acceptors (Lipinski definition) is 6. The third-order valence-electron chi connectivity index (χ3n) is 4.50. The van der Waals surface area contributed by atoms with Crippen molar-refractivity contribution in [3.8, 4) is 5.75 Å². The van der Waals surface area contributed by atoms with E-state index < -0.39 is 0 Å². The van der Waals surface area contributed by atoms with Crippen LogP contribution >= 0.6 is 24.0 Å². The SMILES string of the molecule is CCOC(=O)c1ccc(NC(=O)CSc2cccc(NC(=S)Nc3ccccc3OC)c2)cc1. The maximum atomic E-state index is 12.4. The lowest BCUT2D eigenvalue weighted by atomic mass is 10.2. The zero-order chi connectivity index (χ0) is 24.3. The average Bonchev–Trinajstić information content (AvgIpc) is 2.84. The van der Waals surface area contributed by atoms with Crippen molar-refractivity contribution in [2.75, 3.05) is 35.4 Å². The molecule has 0 aliphatic rings. The monoisotopic (exact) mass is 495 g/mol. The van der Waals surface area contributed by atoms with E-state index in [1.807, 2.05) is 48.5 Å². The molecule has 3 aromatic carbocycles. The molecule has 3 aromatic rings. The van der Waals surface area contributed by atoms with Gasteiger partial charge in [0, 0.05) is 16.3 Å². The van der Waals surface area contributed by atoms with Gasteiger partial charge >= 0.3 is 5.97 Å². The van der Waals surface area contributed by atoms with Crippen LogP contribution in [-0.2, 0) is 9.53 Å². The molecule has 0 aromatic heterocycles. The molecule has 0 aliphatic heterocycles. The van der Waals surface area contributed by atoms with Crippen molar-refractivity contribution in [2.24, 2.45) is 0 Å². The summed E-state index contributed by atoms with van der Waals surface area (Å²) in [5, 5.41) is 9.52. The maximum Gasteiger partial charge on any atom is 0.338 e. The molecule has 7 nitrogen and oxygen atoms in total. The van der Waals surface area contributed by atoms with Crippen LogP contribution in [0.5, 0.6) is 5.75 Å². The predicted molar refractivity (Wildman–Crippen MR) is 141 cm³/mol. The molecule has 0 unspecified atom stereocenters. The summed E-state index contributed by atoms with van der Waals surface area (Å²) in [5.74, 6) is 0.382. The van der Waals surface area contributed by atoms with Gasteiger partial charge in [-0.25, -0.2) is 4.79 Å². The van der Waals surface area contributed by atoms with E-state index in [0.717, 1.165) is 16.3 Å². The third kappa shape index (κ3) is 7.50. The molecule has 176 valence electrons. The van der Waals surface area contributed by atoms with Gasteiger partial charge in [0.15, 0.2) is 5.11 Å². The van der Waals surface area contributed by atoms with Crippen LogP contribution in [0.1, 0.15) is 17.3 Å². The third-order valence-corrected chi connectivity index (χ3v) is 5.69. The number of ether oxygens (including phenoxy) is 2. The molecule has 0 atom stereocenters. The van der Waals surface area contributed by atoms with Crippen LogP contribution in [0.2, 0.25) is 0 Å². The summed E-state index contributed by atoms with van der Waals surface area (Å²) in [7, 11) is 1.60. The van der Waals surface area contributed by atoms with Gasteiger partial charge in [0.25, 0.3) is 0 Å². The number of esters is 1. The first-order valence-corrected chi connectivity index (χ1v) is 11.9. The minimum absolute atomic E-state index is 0.152. The van der Waals surface area contributed by atoms with E-state index in [0.29, 0.717) is 28.7 Å². The highest BCUT2D eigenvalue weighted by molar-refractivity contribution is 8.00. The number of thioether (sulfide) groups is 1. The van der Waals surface area contributed by atoms with Crippen molar-refractivity contribution in [2.45, 2.75) is 11.8 Å². The number of anilines is 3. The Morgan fingerprint density at radius 3 is 2.41 bits per heavy atom. The Balaban J connectivity index is 1.50. The van der Waals surface area contributed by atoms with Crippen molar-refractivity contribution < 1.29 is 19.1 Å². The van der Waals surface area contributed by atoms with Crippen LogP contribution in [0.15, 0.2) is 77.7 Å². The van der Waals surface area contributed by atoms with Gasteiger partial charge in [0.1, 0.15) is 5.75 Å². The summed E-state index contributed by atoms with van der Waals surface area (Å²) >= 11 is 6.81. The van der Waals surface area contributed by atoms with Crippen molar-refractivity contribution in [3.05, 3.63) is 78.4 Å². The standard InChI is InChI=1S/C25H25N3O4S2/c1-3-32-24(30)17-11-13-18(14-12-17)26-23(29)16-34-20-8-6-7-19(15-20)27-25(33)28-21-9-4-5-10-22(21)31-2/h4-15H,3,16H2,1-2H3,(H,26,29)(H2,27,28,33). The zero-order valence-corrected chi connectivity index (χ0v) is 20.4. The zero-order valence-electron chi connectivity index (χ0n) is 18.8. The first-order chi connectivity index (χ1) is 16.5. The minimum Gasteiger partial charge on any atom is -0.495 e. The topological polar surface area (TPSA) is 88.7 Å². The molecular formula is C25H25N3O4S2. The van der Waals surface area contributed by atoms with E-state index in [-0.39, 0.29) is 17.6 Å². The molecule has 34 heavy (non-hydrogen) atoms. The van der Waals surface area contributed by atoms with Gasteiger partial charge in [-0.05, 0) is 73.7 Å². The molecule has 3 N–H and O–H groups in total. The first-order valence-electron chi connectivity index (χ1n) is 10.5. The molecule has 0 heterocycles. The van der Waals surface area contributed by atoms with Crippen molar-refractivity contribution in [3.63, 3.8) is 0 Å². The average molecular weight is 496 g/mol. The Morgan fingerprint density at radius 2 is 1.68 bits per heavy atom. The van der Waals surface area contributed by atoms with Crippen LogP contribution in [0.25, 0.3) is 0 Å². The van der Waals surface area contributed by atoms with Gasteiger partial charge in [0.05, 0.1) is 30.7 Å². The normalized spacial score (nSPS) is 10.2. The second kappa shape index (κ2) is 12.6. The fraction of sp³-hybridized carbons (Fsp3) is 0.160. The fourth-order valence-corrected chi connectivity index (χ4v) is 3.93. The number of amides is 1. The Hall–Kier alpha value is -3.56. The van der Waals surface area contributed by atoms with Crippen molar-refractivity contribution >= 4 is 58.0 Å². The summed E-state index contributed by atoms with van der Waals surface area (Å²) in [6, 6.07) is 21.7. The summed E-state index contributed by atoms with van der Waals surface area (Å²) in [4.78, 5) is 25.0. The number of rotatable bonds is 9. The highest BCUT2D eigenvalue weighted by Crippen LogP contribution is 2.25. The van der Waals surface area contributed by atoms with Crippen LogP contribution in [0.3, 0.4) is 0 Å². The Morgan fingerprint density at radius 1 is 0.912 bits per heavy atom. The second-order valence-electron chi connectivity index (χ2n) is 6.94. The van der Waals surface area contributed by atoms with E-state index in [9.17, 15) is 9.59 Å². The quantitative estimate of drug-likeness (QED) is 0.206. The highest BCUT2D eigenvalue weighted by atomic mass is 32.2. The summed E-state index contributed by atoms with van der Waals surface area (Å²) < 4.78 is 10.3. The number of thiocarbonyl (C=S) groups is 1. The van der Waals surface area contributed by atoms with E-state index in [2.05, 4.69) is 16.0 Å². The number of hydrogen-bond donors (Lipinski definition) is 3. The summed E-state index contributed by atoms with van der Waals surface area (Å²) in [5.41, 5.74) is 2.62. The van der Waals surface area contributed by atoms with E-state index >= 15 is 0 Å². The molecule has 0 bridgehead atoms. The van der Waals surface area contributed by atoms with Crippen LogP contribution < -0.4 is 20.7 Å². The number of carbonyl (C=O) groups is 2. The fourth-order valence-electron chi connectivity index (χ4n) is 2.95. The Bertz CT molecular complexity index is 1150. The van der Waals surface area contributed by atoms with Crippen LogP contribution in [0.4, 0.5) is 17.1 Å². The minimum atomic E-state index is -0.387. The van der Waals surface area contributed by atoms with Gasteiger partial charge in [0.2, 0.25) is 5.91 Å². The molecule has 0 saturated carbocycles. The van der Waals surface area contributed by atoms with E-state index in [4.69, 9.17) is 21.7 Å². The van der Waals surface area contributed by atoms with Crippen molar-refractivity contribution in [1.29, 1.82) is 0 Å². The largest absolute Gasteiger partial charge is 0.495 e. The van der Waals surface area contributed by atoms with Gasteiger partial charge in [-0.15, -0.1) is 11.8 Å². The molecule has 0 saturated heterocycles. The smallest absolute Gasteiger partial charge is 0.338 e. The molecule has 1 amide bonds. The van der Waals surface area contributed by atoms with Crippen LogP contribution in [0, 0.1) is 0 Å². The lowest BCUT2D eigenvalue weighted by molar-refractivity contribution is -0.113. The molecule has 0 radical (unpaired) electrons. The molecule has 0 spiro atoms. The van der Waals surface area contributed by atoms with Gasteiger partial charge in [-0.1, -0.05) is 18.2 Å². The van der Waals surface area contributed by atoms with Gasteiger partial charge in [-0.2, -0.15) is 0 Å². The lowest BCUT2D eigenvalue weighted by Gasteiger charge is -2.13. The highest BCUT2D eigenvalue weighted by Gasteiger charge is 2.09. The Labute approximate surface area is 208 Å². The number of carbonyl (C=O) groups excluding carboxylic acids is 2. The Kier molecular flexibility index (Phi) is 9.30. The number of benzene rings is 3. The lowest BCUT2D eigenvalue weighted by Crippen LogP contribution is -2.19. The number of methoxy groups -OCH3 is 1. The maximum absolute atomic E-state index is 12.4. The summed E-state index contributed by atoms with van der Waals surface area (Å²) in [6.07, 6.45) is 0. The first kappa shape index (κ1) is 25.1. The van der Waals surface area contributed by atoms with Gasteiger partial charge < -0.3 is 25.4 Å². The number of para-hydroxylation sites is 2. The van der Waals surface area contributed by atoms with Crippen molar-refractivity contribution in [1.82, 2.24) is 0 Å². The van der Waals surface area contributed by atoms with Crippen LogP contribution in [-0.4, -0.2) is 36.5 Å². The van der Waals surface area contributed by atoms with E-state index in [1.165, 1.54) is 11.8 Å². The molecule has 9 heteroatoms. The molecule has 0 fully saturated rings. The second-order valence-corrected chi connectivity index (χ2v) is 8.40. The molecular weight excluding hydrogens is 470 g/mol. The number of nitrogens with one attached hydrogen (secondary N) is 3. The summed E-state index contributed by atoms with van der Waals surface area (Å²) in [6.45, 7) is 2.07. The molecule has 3 rings (SSSR count). The molecule has 0 aliphatic carbocycles.